The summed E-state index contributed by atoms with van der Waals surface area (Å²) in [5.74, 6) is -0.0448. The number of aromatic amines is 1. The molecule has 1 N–H and O–H groups in total. The van der Waals surface area contributed by atoms with E-state index in [1.54, 1.807) is 12.1 Å². The third-order valence-corrected chi connectivity index (χ3v) is 4.94. The highest BCUT2D eigenvalue weighted by molar-refractivity contribution is 5.75. The van der Waals surface area contributed by atoms with Crippen molar-refractivity contribution in [1.82, 2.24) is 9.97 Å². The van der Waals surface area contributed by atoms with Crippen LogP contribution in [-0.2, 0) is 9.47 Å². The summed E-state index contributed by atoms with van der Waals surface area (Å²) in [6.07, 6.45) is -0.0342. The number of aromatic nitrogens is 2. The Bertz CT molecular complexity index is 912. The lowest BCUT2D eigenvalue weighted by atomic mass is 9.86. The number of ether oxygens (including phenoxy) is 2. The maximum atomic E-state index is 13.4. The molecule has 1 fully saturated rings. The Balaban J connectivity index is 1.61. The normalized spacial score (nSPS) is 21.7. The number of nitrogens with zero attached hydrogens (tertiary/aromatic N) is 1. The molecule has 0 spiro atoms. The van der Waals surface area contributed by atoms with E-state index in [-0.39, 0.29) is 23.4 Å². The summed E-state index contributed by atoms with van der Waals surface area (Å²) in [4.78, 5) is 7.51. The van der Waals surface area contributed by atoms with Crippen molar-refractivity contribution in [1.29, 1.82) is 0 Å². The molecule has 4 nitrogen and oxygen atoms in total. The Morgan fingerprint density at radius 3 is 2.70 bits per heavy atom. The molecule has 0 amide bonds. The largest absolute Gasteiger partial charge is 0.573 e. The number of rotatable bonds is 5. The number of fused-ring (bicyclic) bond motifs is 1. The van der Waals surface area contributed by atoms with Gasteiger partial charge >= 0.3 is 6.36 Å². The summed E-state index contributed by atoms with van der Waals surface area (Å²) in [7, 11) is 1.52. The van der Waals surface area contributed by atoms with Crippen LogP contribution in [0.4, 0.5) is 17.6 Å². The first kappa shape index (κ1) is 18.0. The van der Waals surface area contributed by atoms with E-state index in [0.717, 1.165) is 12.8 Å². The molecule has 4 rings (SSSR count). The van der Waals surface area contributed by atoms with E-state index >= 15 is 0 Å². The average Bonchev–Trinajstić information content (AvgIpc) is 3.35. The number of hydrogen-bond donors (Lipinski definition) is 1. The van der Waals surface area contributed by atoms with Crippen LogP contribution in [0.15, 0.2) is 41.7 Å². The number of halogens is 4. The van der Waals surface area contributed by atoms with Gasteiger partial charge in [0.15, 0.2) is 0 Å². The van der Waals surface area contributed by atoms with Gasteiger partial charge in [0, 0.05) is 13.0 Å². The molecule has 0 aliphatic heterocycles. The number of allylic oxidation sites excluding steroid dienone is 2. The van der Waals surface area contributed by atoms with Crippen molar-refractivity contribution >= 4 is 11.0 Å². The van der Waals surface area contributed by atoms with E-state index in [9.17, 15) is 17.6 Å². The molecule has 2 unspecified atom stereocenters. The third-order valence-electron chi connectivity index (χ3n) is 4.94. The monoisotopic (exact) mass is 382 g/mol. The lowest BCUT2D eigenvalue weighted by molar-refractivity contribution is -0.304. The molecule has 2 aromatic rings. The number of hydrogen-bond acceptors (Lipinski definition) is 3. The summed E-state index contributed by atoms with van der Waals surface area (Å²) >= 11 is 0. The molecule has 144 valence electrons. The van der Waals surface area contributed by atoms with Crippen LogP contribution in [0.5, 0.6) is 0 Å². The Morgan fingerprint density at radius 2 is 2.04 bits per heavy atom. The van der Waals surface area contributed by atoms with E-state index in [1.807, 2.05) is 0 Å². The maximum absolute atomic E-state index is 13.4. The van der Waals surface area contributed by atoms with Gasteiger partial charge in [-0.2, -0.15) is 0 Å². The number of methoxy groups -OCH3 is 1. The van der Waals surface area contributed by atoms with Gasteiger partial charge in [-0.25, -0.2) is 9.37 Å². The van der Waals surface area contributed by atoms with Crippen LogP contribution in [0.1, 0.15) is 31.2 Å². The first-order chi connectivity index (χ1) is 12.8. The molecule has 0 radical (unpaired) electrons. The molecule has 1 aromatic carbocycles. The molecule has 1 aromatic heterocycles. The van der Waals surface area contributed by atoms with Crippen LogP contribution in [0.25, 0.3) is 11.0 Å². The highest BCUT2D eigenvalue weighted by Gasteiger charge is 2.39. The van der Waals surface area contributed by atoms with Crippen LogP contribution >= 0.6 is 0 Å². The van der Waals surface area contributed by atoms with Crippen molar-refractivity contribution in [3.8, 4) is 0 Å². The number of benzene rings is 1. The smallest absolute Gasteiger partial charge is 0.406 e. The molecular weight excluding hydrogens is 364 g/mol. The van der Waals surface area contributed by atoms with E-state index < -0.39 is 12.5 Å². The Hall–Kier alpha value is -2.35. The van der Waals surface area contributed by atoms with E-state index in [0.29, 0.717) is 28.9 Å². The summed E-state index contributed by atoms with van der Waals surface area (Å²) in [6.45, 7) is 0. The highest BCUT2D eigenvalue weighted by Crippen LogP contribution is 2.46. The quantitative estimate of drug-likeness (QED) is 0.726. The van der Waals surface area contributed by atoms with Crippen molar-refractivity contribution in [2.75, 3.05) is 7.11 Å². The number of imidazole rings is 1. The summed E-state index contributed by atoms with van der Waals surface area (Å²) in [5, 5.41) is 0. The molecule has 0 saturated heterocycles. The summed E-state index contributed by atoms with van der Waals surface area (Å²) in [5.41, 5.74) is 1.82. The van der Waals surface area contributed by atoms with Crippen LogP contribution in [0.2, 0.25) is 0 Å². The van der Waals surface area contributed by atoms with Crippen LogP contribution in [-0.4, -0.2) is 23.4 Å². The molecular formula is C19H18F4N2O2. The van der Waals surface area contributed by atoms with Gasteiger partial charge in [-0.15, -0.1) is 13.2 Å². The van der Waals surface area contributed by atoms with Crippen LogP contribution in [0, 0.1) is 17.7 Å². The standard InChI is InChI=1S/C19H18F4N2O2/c1-26-17(18-24-14-6-5-12(20)9-15(14)25-18)11-4-7-16(27-19(21,22)23)13(8-11)10-2-3-10/h4-7,9-11,17H,2-3,8H2,1H3,(H,24,25). The molecule has 2 aliphatic rings. The first-order valence-electron chi connectivity index (χ1n) is 8.69. The molecule has 8 heteroatoms. The topological polar surface area (TPSA) is 47.1 Å². The average molecular weight is 382 g/mol. The van der Waals surface area contributed by atoms with Crippen molar-refractivity contribution < 1.29 is 27.0 Å². The van der Waals surface area contributed by atoms with Crippen LogP contribution < -0.4 is 0 Å². The van der Waals surface area contributed by atoms with Gasteiger partial charge in [-0.05, 0) is 55.0 Å². The second-order valence-corrected chi connectivity index (χ2v) is 6.88. The van der Waals surface area contributed by atoms with Gasteiger partial charge in [0.25, 0.3) is 0 Å². The Labute approximate surface area is 152 Å². The summed E-state index contributed by atoms with van der Waals surface area (Å²) in [6, 6.07) is 4.24. The second kappa shape index (κ2) is 6.67. The third kappa shape index (κ3) is 3.85. The molecule has 2 aliphatic carbocycles. The number of alkyl halides is 3. The Morgan fingerprint density at radius 1 is 1.26 bits per heavy atom. The summed E-state index contributed by atoms with van der Waals surface area (Å²) < 4.78 is 61.2. The van der Waals surface area contributed by atoms with Crippen molar-refractivity contribution in [3.05, 3.63) is 53.3 Å². The fourth-order valence-corrected chi connectivity index (χ4v) is 3.60. The Kier molecular flexibility index (Phi) is 4.46. The minimum absolute atomic E-state index is 0.109. The fourth-order valence-electron chi connectivity index (χ4n) is 3.60. The number of H-pyrrole nitrogens is 1. The number of nitrogens with one attached hydrogen (secondary N) is 1. The first-order valence-corrected chi connectivity index (χ1v) is 8.69. The van der Waals surface area contributed by atoms with E-state index in [4.69, 9.17) is 4.74 Å². The lowest BCUT2D eigenvalue weighted by Gasteiger charge is -2.27. The highest BCUT2D eigenvalue weighted by atomic mass is 19.4. The van der Waals surface area contributed by atoms with Gasteiger partial charge in [0.1, 0.15) is 23.5 Å². The molecule has 1 heterocycles. The van der Waals surface area contributed by atoms with Crippen molar-refractivity contribution in [2.45, 2.75) is 31.7 Å². The molecule has 2 atom stereocenters. The van der Waals surface area contributed by atoms with Gasteiger partial charge in [0.05, 0.1) is 11.0 Å². The predicted molar refractivity (Wildman–Crippen MR) is 89.9 cm³/mol. The van der Waals surface area contributed by atoms with E-state index in [2.05, 4.69) is 14.7 Å². The second-order valence-electron chi connectivity index (χ2n) is 6.88. The fraction of sp³-hybridized carbons (Fsp3) is 0.421. The van der Waals surface area contributed by atoms with Crippen LogP contribution in [0.3, 0.4) is 0 Å². The zero-order chi connectivity index (χ0) is 19.2. The lowest BCUT2D eigenvalue weighted by Crippen LogP contribution is -2.21. The molecule has 0 bridgehead atoms. The van der Waals surface area contributed by atoms with Gasteiger partial charge in [-0.3, -0.25) is 0 Å². The van der Waals surface area contributed by atoms with Crippen molar-refractivity contribution in [3.63, 3.8) is 0 Å². The molecule has 27 heavy (non-hydrogen) atoms. The minimum atomic E-state index is -4.71. The van der Waals surface area contributed by atoms with Gasteiger partial charge in [-0.1, -0.05) is 6.08 Å². The molecule has 1 saturated carbocycles. The zero-order valence-corrected chi connectivity index (χ0v) is 14.5. The van der Waals surface area contributed by atoms with Gasteiger partial charge < -0.3 is 14.5 Å². The SMILES string of the molecule is COC(c1nc2ccc(F)cc2[nH]1)C1C=CC(OC(F)(F)F)=C(C2CC2)C1. The predicted octanol–water partition coefficient (Wildman–Crippen LogP) is 5.17. The van der Waals surface area contributed by atoms with Crippen molar-refractivity contribution in [2.24, 2.45) is 11.8 Å². The van der Waals surface area contributed by atoms with E-state index in [1.165, 1.54) is 25.3 Å². The van der Waals surface area contributed by atoms with Gasteiger partial charge in [0.2, 0.25) is 0 Å². The minimum Gasteiger partial charge on any atom is -0.406 e. The zero-order valence-electron chi connectivity index (χ0n) is 14.5. The maximum Gasteiger partial charge on any atom is 0.573 e.